The van der Waals surface area contributed by atoms with Crippen LogP contribution < -0.4 is 0 Å². The molecule has 0 atom stereocenters. The summed E-state index contributed by atoms with van der Waals surface area (Å²) < 4.78 is 4.74. The third-order valence-electron chi connectivity index (χ3n) is 9.78. The van der Waals surface area contributed by atoms with Gasteiger partial charge in [-0.2, -0.15) is 0 Å². The van der Waals surface area contributed by atoms with E-state index in [9.17, 15) is 0 Å². The molecule has 0 N–H and O–H groups in total. The van der Waals surface area contributed by atoms with Crippen molar-refractivity contribution in [1.29, 1.82) is 0 Å². The summed E-state index contributed by atoms with van der Waals surface area (Å²) in [5, 5.41) is 2.44. The van der Waals surface area contributed by atoms with E-state index in [-0.39, 0.29) is 0 Å². The largest absolute Gasteiger partial charge is 0.314 e. The van der Waals surface area contributed by atoms with Crippen LogP contribution in [0.1, 0.15) is 0 Å². The lowest BCUT2D eigenvalue weighted by atomic mass is 10.0. The first-order valence-corrected chi connectivity index (χ1v) is 17.5. The molecule has 0 fully saturated rings. The van der Waals surface area contributed by atoms with Gasteiger partial charge >= 0.3 is 0 Å². The smallest absolute Gasteiger partial charge is 0.164 e. The third kappa shape index (κ3) is 4.98. The number of benzene rings is 6. The molecule has 0 bridgehead atoms. The van der Waals surface area contributed by atoms with Crippen molar-refractivity contribution in [2.24, 2.45) is 0 Å². The molecule has 0 unspecified atom stereocenters. The summed E-state index contributed by atoms with van der Waals surface area (Å²) in [7, 11) is 0. The highest BCUT2D eigenvalue weighted by Crippen LogP contribution is 2.43. The van der Waals surface area contributed by atoms with Crippen molar-refractivity contribution in [1.82, 2.24) is 23.9 Å². The lowest BCUT2D eigenvalue weighted by Crippen LogP contribution is -2.00. The van der Waals surface area contributed by atoms with Crippen LogP contribution in [0.2, 0.25) is 0 Å². The molecule has 5 heteroatoms. The van der Waals surface area contributed by atoms with Crippen LogP contribution in [0.4, 0.5) is 0 Å². The minimum Gasteiger partial charge on any atom is -0.314 e. The molecule has 4 heterocycles. The van der Waals surface area contributed by atoms with Crippen LogP contribution in [0, 0.1) is 0 Å². The molecule has 0 aliphatic carbocycles. The summed E-state index contributed by atoms with van der Waals surface area (Å²) in [6, 6.07) is 63.4. The average molecular weight is 666 g/mol. The van der Waals surface area contributed by atoms with Crippen LogP contribution in [-0.2, 0) is 0 Å². The first-order chi connectivity index (χ1) is 25.8. The Morgan fingerprint density at radius 2 is 0.846 bits per heavy atom. The molecule has 244 valence electrons. The molecular weight excluding hydrogens is 635 g/mol. The van der Waals surface area contributed by atoms with Crippen molar-refractivity contribution < 1.29 is 0 Å². The van der Waals surface area contributed by atoms with Crippen LogP contribution in [0.15, 0.2) is 188 Å². The maximum atomic E-state index is 4.98. The zero-order chi connectivity index (χ0) is 34.4. The average Bonchev–Trinajstić information content (AvgIpc) is 3.74. The zero-order valence-electron chi connectivity index (χ0n) is 28.1. The van der Waals surface area contributed by atoms with Gasteiger partial charge in [0.25, 0.3) is 0 Å². The van der Waals surface area contributed by atoms with E-state index in [1.165, 1.54) is 38.7 Å². The van der Waals surface area contributed by atoms with E-state index in [0.717, 1.165) is 33.4 Å². The molecule has 0 saturated heterocycles. The molecule has 5 nitrogen and oxygen atoms in total. The van der Waals surface area contributed by atoms with E-state index in [2.05, 4.69) is 136 Å². The minimum atomic E-state index is 0.634. The fraction of sp³-hybridized carbons (Fsp3) is 0. The number of pyridine rings is 1. The molecule has 0 radical (unpaired) electrons. The van der Waals surface area contributed by atoms with E-state index >= 15 is 0 Å². The minimum absolute atomic E-state index is 0.634. The molecule has 52 heavy (non-hydrogen) atoms. The topological polar surface area (TPSA) is 48.0 Å². The van der Waals surface area contributed by atoms with E-state index in [1.807, 2.05) is 60.7 Å². The van der Waals surface area contributed by atoms with Crippen LogP contribution in [0.3, 0.4) is 0 Å². The van der Waals surface area contributed by atoms with Crippen molar-refractivity contribution >= 4 is 27.3 Å². The Kier molecular flexibility index (Phi) is 7.07. The fourth-order valence-corrected chi connectivity index (χ4v) is 7.38. The number of hydrogen-bond donors (Lipinski definition) is 0. The van der Waals surface area contributed by atoms with Gasteiger partial charge < -0.3 is 8.97 Å². The first kappa shape index (κ1) is 29.8. The molecule has 10 rings (SSSR count). The molecule has 0 aliphatic heterocycles. The van der Waals surface area contributed by atoms with Gasteiger partial charge in [0.05, 0.1) is 22.2 Å². The van der Waals surface area contributed by atoms with Gasteiger partial charge in [0, 0.05) is 39.3 Å². The predicted octanol–water partition coefficient (Wildman–Crippen LogP) is 11.6. The summed E-state index contributed by atoms with van der Waals surface area (Å²) in [5.74, 6) is 1.93. The highest BCUT2D eigenvalue weighted by atomic mass is 15.0. The van der Waals surface area contributed by atoms with E-state index < -0.39 is 0 Å². The number of aromatic nitrogens is 5. The number of rotatable bonds is 6. The van der Waals surface area contributed by atoms with Crippen molar-refractivity contribution in [3.63, 3.8) is 0 Å². The molecule has 4 aromatic heterocycles. The summed E-state index contributed by atoms with van der Waals surface area (Å²) in [6.07, 6.45) is 2.17. The zero-order valence-corrected chi connectivity index (χ0v) is 28.1. The van der Waals surface area contributed by atoms with Crippen LogP contribution in [0.5, 0.6) is 0 Å². The summed E-state index contributed by atoms with van der Waals surface area (Å²) in [5.41, 5.74) is 12.1. The van der Waals surface area contributed by atoms with Gasteiger partial charge in [-0.3, -0.25) is 0 Å². The van der Waals surface area contributed by atoms with Gasteiger partial charge in [-0.15, -0.1) is 0 Å². The normalized spacial score (nSPS) is 11.5. The maximum absolute atomic E-state index is 4.98. The Hall–Kier alpha value is -7.11. The quantitative estimate of drug-likeness (QED) is 0.178. The van der Waals surface area contributed by atoms with Gasteiger partial charge in [-0.1, -0.05) is 133 Å². The number of hydrogen-bond acceptors (Lipinski definition) is 3. The van der Waals surface area contributed by atoms with E-state index in [0.29, 0.717) is 17.5 Å². The van der Waals surface area contributed by atoms with E-state index in [1.54, 1.807) is 0 Å². The van der Waals surface area contributed by atoms with Gasteiger partial charge in [0.2, 0.25) is 0 Å². The molecule has 10 aromatic rings. The van der Waals surface area contributed by atoms with Gasteiger partial charge in [-0.25, -0.2) is 15.0 Å². The second-order valence-corrected chi connectivity index (χ2v) is 12.9. The first-order valence-electron chi connectivity index (χ1n) is 17.5. The predicted molar refractivity (Wildman–Crippen MR) is 212 cm³/mol. The molecule has 0 aliphatic rings. The highest BCUT2D eigenvalue weighted by molar-refractivity contribution is 6.21. The van der Waals surface area contributed by atoms with Gasteiger partial charge in [0.1, 0.15) is 0 Å². The van der Waals surface area contributed by atoms with Crippen LogP contribution >= 0.6 is 0 Å². The summed E-state index contributed by atoms with van der Waals surface area (Å²) in [6.45, 7) is 0. The van der Waals surface area contributed by atoms with Crippen LogP contribution in [-0.4, -0.2) is 23.9 Å². The highest BCUT2D eigenvalue weighted by Gasteiger charge is 2.23. The Balaban J connectivity index is 1.19. The Morgan fingerprint density at radius 3 is 1.42 bits per heavy atom. The SMILES string of the molecule is c1ccc(-c2ccc3c(c2)c2c(-c4ccccc4)n4ccccc4c2n3-c2ccc(-c3nc(-c4ccccc4)nc(-c4ccccc4)n3)cc2)cc1. The summed E-state index contributed by atoms with van der Waals surface area (Å²) >= 11 is 0. The van der Waals surface area contributed by atoms with Crippen molar-refractivity contribution in [3.8, 4) is 62.2 Å². The lowest BCUT2D eigenvalue weighted by molar-refractivity contribution is 1.07. The molecule has 6 aromatic carbocycles. The lowest BCUT2D eigenvalue weighted by Gasteiger charge is -2.11. The van der Waals surface area contributed by atoms with Crippen molar-refractivity contribution in [3.05, 3.63) is 188 Å². The summed E-state index contributed by atoms with van der Waals surface area (Å²) in [4.78, 5) is 14.8. The third-order valence-corrected chi connectivity index (χ3v) is 9.78. The molecule has 0 saturated carbocycles. The van der Waals surface area contributed by atoms with Crippen molar-refractivity contribution in [2.45, 2.75) is 0 Å². The fourth-order valence-electron chi connectivity index (χ4n) is 7.38. The second-order valence-electron chi connectivity index (χ2n) is 12.9. The standard InChI is InChI=1S/C47H31N5/c1-5-15-32(16-6-1)37-26-29-40-39(31-37)42-43(33-17-7-2-8-18-33)51-30-14-13-23-41(51)44(42)52(40)38-27-24-36(25-28-38)47-49-45(34-19-9-3-10-20-34)48-46(50-47)35-21-11-4-12-22-35/h1-31H. The monoisotopic (exact) mass is 665 g/mol. The van der Waals surface area contributed by atoms with Gasteiger partial charge in [0.15, 0.2) is 17.5 Å². The van der Waals surface area contributed by atoms with E-state index in [4.69, 9.17) is 15.0 Å². The van der Waals surface area contributed by atoms with Gasteiger partial charge in [-0.05, 0) is 65.2 Å². The molecule has 0 spiro atoms. The number of fused-ring (bicyclic) bond motifs is 5. The molecule has 0 amide bonds. The Labute approximate surface area is 300 Å². The number of nitrogens with zero attached hydrogens (tertiary/aromatic N) is 5. The van der Waals surface area contributed by atoms with Crippen LogP contribution in [0.25, 0.3) is 89.6 Å². The second kappa shape index (κ2) is 12.3. The maximum Gasteiger partial charge on any atom is 0.164 e. The van der Waals surface area contributed by atoms with Crippen molar-refractivity contribution in [2.75, 3.05) is 0 Å². The Bertz CT molecular complexity index is 2800. The Morgan fingerprint density at radius 1 is 0.365 bits per heavy atom. The molecular formula is C47H31N5.